The summed E-state index contributed by atoms with van der Waals surface area (Å²) in [6.45, 7) is 3.65. The highest BCUT2D eigenvalue weighted by Crippen LogP contribution is 2.08. The van der Waals surface area contributed by atoms with Crippen LogP contribution in [0, 0.1) is 0 Å². The van der Waals surface area contributed by atoms with Crippen LogP contribution in [0.4, 0.5) is 5.69 Å². The number of para-hydroxylation sites is 1. The predicted molar refractivity (Wildman–Crippen MR) is 83.0 cm³/mol. The average Bonchev–Trinajstić information content (AvgIpc) is 2.47. The number of benzene rings is 1. The van der Waals surface area contributed by atoms with Crippen LogP contribution in [0.15, 0.2) is 54.7 Å². The number of hydrogen-bond donors (Lipinski definition) is 1. The fourth-order valence-corrected chi connectivity index (χ4v) is 2.05. The Hall–Kier alpha value is -1.94. The van der Waals surface area contributed by atoms with Crippen LogP contribution in [0.1, 0.15) is 12.6 Å². The van der Waals surface area contributed by atoms with E-state index in [1.807, 2.05) is 48.5 Å². The van der Waals surface area contributed by atoms with E-state index in [1.54, 1.807) is 6.20 Å². The summed E-state index contributed by atoms with van der Waals surface area (Å²) in [5.74, 6) is 0. The predicted octanol–water partition coefficient (Wildman–Crippen LogP) is 3.30. The van der Waals surface area contributed by atoms with Gasteiger partial charge in [-0.3, -0.25) is 4.98 Å². The first kappa shape index (κ1) is 13.5. The maximum absolute atomic E-state index is 5.44. The Balaban J connectivity index is 2.00. The largest absolute Gasteiger partial charge is 0.343 e. The van der Waals surface area contributed by atoms with Crippen LogP contribution < -0.4 is 5.32 Å². The summed E-state index contributed by atoms with van der Waals surface area (Å²) in [5, 5.41) is 3.96. The van der Waals surface area contributed by atoms with E-state index < -0.39 is 0 Å². The van der Waals surface area contributed by atoms with Gasteiger partial charge in [0.25, 0.3) is 0 Å². The molecule has 0 unspecified atom stereocenters. The van der Waals surface area contributed by atoms with Crippen molar-refractivity contribution in [2.75, 3.05) is 11.9 Å². The van der Waals surface area contributed by atoms with E-state index in [2.05, 4.69) is 22.1 Å². The lowest BCUT2D eigenvalue weighted by Gasteiger charge is -2.24. The highest BCUT2D eigenvalue weighted by atomic mass is 32.1. The Morgan fingerprint density at radius 3 is 2.53 bits per heavy atom. The van der Waals surface area contributed by atoms with Crippen LogP contribution in [-0.4, -0.2) is 21.5 Å². The van der Waals surface area contributed by atoms with Gasteiger partial charge >= 0.3 is 0 Å². The van der Waals surface area contributed by atoms with Crippen molar-refractivity contribution < 1.29 is 0 Å². The number of anilines is 1. The number of thiocarbonyl (C=S) groups is 1. The molecule has 0 bridgehead atoms. The lowest BCUT2D eigenvalue weighted by molar-refractivity contribution is 0.436. The molecule has 0 aliphatic carbocycles. The van der Waals surface area contributed by atoms with Gasteiger partial charge in [-0.2, -0.15) is 0 Å². The Kier molecular flexibility index (Phi) is 4.86. The molecule has 0 aliphatic heterocycles. The van der Waals surface area contributed by atoms with Crippen molar-refractivity contribution in [3.8, 4) is 0 Å². The van der Waals surface area contributed by atoms with Crippen LogP contribution in [0.2, 0.25) is 0 Å². The van der Waals surface area contributed by atoms with E-state index in [0.29, 0.717) is 0 Å². The molecule has 0 spiro atoms. The lowest BCUT2D eigenvalue weighted by Crippen LogP contribution is -2.34. The first-order valence-corrected chi connectivity index (χ1v) is 6.71. The summed E-state index contributed by atoms with van der Waals surface area (Å²) in [5.41, 5.74) is 2.02. The molecule has 1 aromatic heterocycles. The zero-order chi connectivity index (χ0) is 13.5. The number of aromatic nitrogens is 1. The number of pyridine rings is 1. The Labute approximate surface area is 119 Å². The first-order chi connectivity index (χ1) is 9.29. The van der Waals surface area contributed by atoms with Gasteiger partial charge in [-0.05, 0) is 43.4 Å². The SMILES string of the molecule is CCN(Cc1ccccn1)C(=S)Nc1ccccc1. The molecule has 0 fully saturated rings. The van der Waals surface area contributed by atoms with E-state index in [1.165, 1.54) is 0 Å². The van der Waals surface area contributed by atoms with E-state index in [0.717, 1.165) is 29.6 Å². The van der Waals surface area contributed by atoms with Gasteiger partial charge in [-0.15, -0.1) is 0 Å². The van der Waals surface area contributed by atoms with E-state index in [-0.39, 0.29) is 0 Å². The summed E-state index contributed by atoms with van der Waals surface area (Å²) in [6.07, 6.45) is 1.80. The second-order valence-electron chi connectivity index (χ2n) is 4.13. The number of nitrogens with zero attached hydrogens (tertiary/aromatic N) is 2. The molecular weight excluding hydrogens is 254 g/mol. The third-order valence-corrected chi connectivity index (χ3v) is 3.13. The van der Waals surface area contributed by atoms with Crippen molar-refractivity contribution in [3.63, 3.8) is 0 Å². The molecule has 3 nitrogen and oxygen atoms in total. The van der Waals surface area contributed by atoms with Crippen LogP contribution in [-0.2, 0) is 6.54 Å². The molecule has 0 aliphatic rings. The van der Waals surface area contributed by atoms with Gasteiger partial charge in [0.1, 0.15) is 0 Å². The molecule has 1 N–H and O–H groups in total. The van der Waals surface area contributed by atoms with Gasteiger partial charge in [0.2, 0.25) is 0 Å². The minimum Gasteiger partial charge on any atom is -0.343 e. The molecule has 0 amide bonds. The molecule has 2 rings (SSSR count). The van der Waals surface area contributed by atoms with Crippen molar-refractivity contribution >= 4 is 23.0 Å². The molecule has 0 saturated heterocycles. The molecule has 1 aromatic carbocycles. The van der Waals surface area contributed by atoms with Crippen LogP contribution in [0.3, 0.4) is 0 Å². The smallest absolute Gasteiger partial charge is 0.173 e. The van der Waals surface area contributed by atoms with Crippen molar-refractivity contribution in [1.29, 1.82) is 0 Å². The Morgan fingerprint density at radius 1 is 1.16 bits per heavy atom. The molecule has 4 heteroatoms. The highest BCUT2D eigenvalue weighted by molar-refractivity contribution is 7.80. The Bertz CT molecular complexity index is 513. The molecule has 0 radical (unpaired) electrons. The first-order valence-electron chi connectivity index (χ1n) is 6.30. The van der Waals surface area contributed by atoms with Crippen LogP contribution in [0.5, 0.6) is 0 Å². The maximum atomic E-state index is 5.44. The summed E-state index contributed by atoms with van der Waals surface area (Å²) < 4.78 is 0. The van der Waals surface area contributed by atoms with Gasteiger partial charge < -0.3 is 10.2 Å². The van der Waals surface area contributed by atoms with E-state index in [4.69, 9.17) is 12.2 Å². The zero-order valence-electron chi connectivity index (χ0n) is 10.9. The lowest BCUT2D eigenvalue weighted by atomic mass is 10.3. The molecule has 0 saturated carbocycles. The molecular formula is C15H17N3S. The highest BCUT2D eigenvalue weighted by Gasteiger charge is 2.08. The van der Waals surface area contributed by atoms with Gasteiger partial charge in [0, 0.05) is 18.4 Å². The van der Waals surface area contributed by atoms with E-state index in [9.17, 15) is 0 Å². The molecule has 1 heterocycles. The molecule has 98 valence electrons. The number of hydrogen-bond acceptors (Lipinski definition) is 2. The standard InChI is InChI=1S/C15H17N3S/c1-2-18(12-14-10-6-7-11-16-14)15(19)17-13-8-4-3-5-9-13/h3-11H,2,12H2,1H3,(H,17,19). The van der Waals surface area contributed by atoms with Crippen molar-refractivity contribution in [2.45, 2.75) is 13.5 Å². The monoisotopic (exact) mass is 271 g/mol. The normalized spacial score (nSPS) is 9.95. The van der Waals surface area contributed by atoms with Crippen molar-refractivity contribution in [1.82, 2.24) is 9.88 Å². The topological polar surface area (TPSA) is 28.2 Å². The molecule has 0 atom stereocenters. The van der Waals surface area contributed by atoms with Gasteiger partial charge in [-0.1, -0.05) is 24.3 Å². The minimum absolute atomic E-state index is 0.718. The Morgan fingerprint density at radius 2 is 1.89 bits per heavy atom. The summed E-state index contributed by atoms with van der Waals surface area (Å²) in [4.78, 5) is 6.41. The molecule has 19 heavy (non-hydrogen) atoms. The van der Waals surface area contributed by atoms with Crippen molar-refractivity contribution in [3.05, 3.63) is 60.4 Å². The van der Waals surface area contributed by atoms with Gasteiger partial charge in [-0.25, -0.2) is 0 Å². The second-order valence-corrected chi connectivity index (χ2v) is 4.52. The summed E-state index contributed by atoms with van der Waals surface area (Å²) in [7, 11) is 0. The fourth-order valence-electron chi connectivity index (χ4n) is 1.74. The van der Waals surface area contributed by atoms with Gasteiger partial charge in [0.15, 0.2) is 5.11 Å². The third kappa shape index (κ3) is 4.03. The fraction of sp³-hybridized carbons (Fsp3) is 0.200. The summed E-state index contributed by atoms with van der Waals surface area (Å²) >= 11 is 5.44. The summed E-state index contributed by atoms with van der Waals surface area (Å²) in [6, 6.07) is 15.9. The number of rotatable bonds is 4. The van der Waals surface area contributed by atoms with Crippen molar-refractivity contribution in [2.24, 2.45) is 0 Å². The van der Waals surface area contributed by atoms with E-state index >= 15 is 0 Å². The second kappa shape index (κ2) is 6.85. The number of nitrogens with one attached hydrogen (secondary N) is 1. The van der Waals surface area contributed by atoms with Gasteiger partial charge in [0.05, 0.1) is 12.2 Å². The average molecular weight is 271 g/mol. The third-order valence-electron chi connectivity index (χ3n) is 2.77. The minimum atomic E-state index is 0.718. The zero-order valence-corrected chi connectivity index (χ0v) is 11.7. The maximum Gasteiger partial charge on any atom is 0.173 e. The van der Waals surface area contributed by atoms with Crippen LogP contribution >= 0.6 is 12.2 Å². The molecule has 2 aromatic rings. The van der Waals surface area contributed by atoms with Crippen LogP contribution in [0.25, 0.3) is 0 Å². The quantitative estimate of drug-likeness (QED) is 0.864.